The first-order chi connectivity index (χ1) is 33.0. The van der Waals surface area contributed by atoms with Gasteiger partial charge >= 0.3 is 11.9 Å². The minimum Gasteiger partial charge on any atom is -0.497 e. The molecule has 68 heavy (non-hydrogen) atoms. The van der Waals surface area contributed by atoms with Crippen molar-refractivity contribution in [3.05, 3.63) is 131 Å². The number of carboxylic acids is 2. The molecule has 0 spiro atoms. The van der Waals surface area contributed by atoms with Crippen LogP contribution in [0.25, 0.3) is 0 Å². The van der Waals surface area contributed by atoms with Gasteiger partial charge in [0.25, 0.3) is 0 Å². The second-order valence-electron chi connectivity index (χ2n) is 17.7. The van der Waals surface area contributed by atoms with Gasteiger partial charge in [-0.2, -0.15) is 0 Å². The van der Waals surface area contributed by atoms with Gasteiger partial charge in [-0.15, -0.1) is 23.5 Å². The van der Waals surface area contributed by atoms with Gasteiger partial charge in [0.2, 0.25) is 11.8 Å². The molecule has 0 saturated carbocycles. The molecule has 4 aliphatic rings. The number of benzene rings is 4. The second kappa shape index (κ2) is 27.6. The van der Waals surface area contributed by atoms with Crippen molar-refractivity contribution < 1.29 is 38.9 Å². The van der Waals surface area contributed by atoms with Gasteiger partial charge in [0, 0.05) is 85.6 Å². The van der Waals surface area contributed by atoms with Gasteiger partial charge in [-0.25, -0.2) is 9.59 Å². The van der Waals surface area contributed by atoms with E-state index in [1.165, 1.54) is 70.6 Å². The summed E-state index contributed by atoms with van der Waals surface area (Å²) in [6, 6.07) is 34.0. The summed E-state index contributed by atoms with van der Waals surface area (Å²) in [4.78, 5) is 56.5. The van der Waals surface area contributed by atoms with Gasteiger partial charge in [0.05, 0.1) is 14.2 Å². The van der Waals surface area contributed by atoms with E-state index in [4.69, 9.17) is 19.7 Å². The molecule has 0 atom stereocenters. The summed E-state index contributed by atoms with van der Waals surface area (Å²) in [5.74, 6) is 3.22. The van der Waals surface area contributed by atoms with Gasteiger partial charge in [-0.05, 0) is 135 Å². The van der Waals surface area contributed by atoms with Gasteiger partial charge in [-0.3, -0.25) is 9.59 Å². The molecule has 2 fully saturated rings. The Morgan fingerprint density at radius 1 is 0.559 bits per heavy atom. The molecule has 14 heteroatoms. The van der Waals surface area contributed by atoms with E-state index in [-0.39, 0.29) is 11.8 Å². The summed E-state index contributed by atoms with van der Waals surface area (Å²) in [6.07, 6.45) is 9.65. The number of amides is 2. The number of hydrogen-bond donors (Lipinski definition) is 2. The number of hydrogen-bond acceptors (Lipinski definition) is 10. The number of likely N-dealkylation sites (tertiary alicyclic amines) is 2. The first kappa shape index (κ1) is 52.1. The van der Waals surface area contributed by atoms with Crippen LogP contribution < -0.4 is 9.47 Å². The fraction of sp³-hybridized carbons (Fsp3) is 0.444. The van der Waals surface area contributed by atoms with Crippen molar-refractivity contribution in [3.8, 4) is 11.5 Å². The standard InChI is InChI=1S/2C25H32N2O2S.C4H4O4/c2*1-29-23-7-8-24-22(18-23)19-27(15-16-30-24)25(28)11-14-26-12-9-21(10-13-26)17-20-5-3-2-4-6-20;5-3(6)1-2-4(7)8/h2*2-8,18,21H,9-17,19H2,1H3;1-2H,(H,5,6)(H,7,8). The molecule has 8 rings (SSSR count). The average Bonchev–Trinajstić information content (AvgIpc) is 3.72. The Morgan fingerprint density at radius 3 is 1.29 bits per heavy atom. The predicted octanol–water partition coefficient (Wildman–Crippen LogP) is 8.66. The van der Waals surface area contributed by atoms with Crippen molar-refractivity contribution in [2.75, 3.05) is 78.1 Å². The molecule has 0 unspecified atom stereocenters. The van der Waals surface area contributed by atoms with Crippen LogP contribution in [0, 0.1) is 11.8 Å². The van der Waals surface area contributed by atoms with Crippen molar-refractivity contribution in [3.63, 3.8) is 0 Å². The van der Waals surface area contributed by atoms with Crippen molar-refractivity contribution >= 4 is 47.3 Å². The normalized spacial score (nSPS) is 17.0. The van der Waals surface area contributed by atoms with Crippen LogP contribution in [-0.2, 0) is 45.1 Å². The summed E-state index contributed by atoms with van der Waals surface area (Å²) in [5, 5.41) is 15.6. The predicted molar refractivity (Wildman–Crippen MR) is 271 cm³/mol. The number of aliphatic carboxylic acids is 2. The Morgan fingerprint density at radius 2 is 0.941 bits per heavy atom. The van der Waals surface area contributed by atoms with Crippen molar-refractivity contribution in [1.29, 1.82) is 0 Å². The highest BCUT2D eigenvalue weighted by molar-refractivity contribution is 7.99. The van der Waals surface area contributed by atoms with Crippen LogP contribution in [-0.4, -0.2) is 132 Å². The largest absolute Gasteiger partial charge is 0.497 e. The lowest BCUT2D eigenvalue weighted by Crippen LogP contribution is -2.38. The highest BCUT2D eigenvalue weighted by Crippen LogP contribution is 2.32. The summed E-state index contributed by atoms with van der Waals surface area (Å²) in [5.41, 5.74) is 5.29. The van der Waals surface area contributed by atoms with Crippen LogP contribution >= 0.6 is 23.5 Å². The van der Waals surface area contributed by atoms with Gasteiger partial charge in [0.15, 0.2) is 0 Å². The maximum atomic E-state index is 12.9. The zero-order valence-corrected chi connectivity index (χ0v) is 41.3. The molecule has 4 aromatic carbocycles. The van der Waals surface area contributed by atoms with E-state index in [1.807, 2.05) is 45.5 Å². The van der Waals surface area contributed by atoms with Crippen LogP contribution in [0.1, 0.15) is 60.8 Å². The van der Waals surface area contributed by atoms with Crippen molar-refractivity contribution in [2.24, 2.45) is 11.8 Å². The monoisotopic (exact) mass is 964 g/mol. The van der Waals surface area contributed by atoms with Crippen LogP contribution in [0.5, 0.6) is 11.5 Å². The Kier molecular flexibility index (Phi) is 21.2. The molecule has 0 aliphatic carbocycles. The van der Waals surface area contributed by atoms with Crippen molar-refractivity contribution in [1.82, 2.24) is 19.6 Å². The molecule has 364 valence electrons. The van der Waals surface area contributed by atoms with E-state index < -0.39 is 11.9 Å². The molecule has 4 heterocycles. The highest BCUT2D eigenvalue weighted by Gasteiger charge is 2.25. The van der Waals surface area contributed by atoms with E-state index >= 15 is 0 Å². The number of rotatable bonds is 14. The fourth-order valence-electron chi connectivity index (χ4n) is 9.11. The maximum absolute atomic E-state index is 12.9. The van der Waals surface area contributed by atoms with Crippen LogP contribution in [0.3, 0.4) is 0 Å². The highest BCUT2D eigenvalue weighted by atomic mass is 32.2. The van der Waals surface area contributed by atoms with E-state index in [9.17, 15) is 19.2 Å². The number of carbonyl (C=O) groups is 4. The molecule has 12 nitrogen and oxygen atoms in total. The Hall–Kier alpha value is -5.28. The molecule has 2 amide bonds. The topological polar surface area (TPSA) is 140 Å². The summed E-state index contributed by atoms with van der Waals surface area (Å²) >= 11 is 3.67. The number of thioether (sulfide) groups is 2. The van der Waals surface area contributed by atoms with Crippen LogP contribution in [0.4, 0.5) is 0 Å². The van der Waals surface area contributed by atoms with E-state index in [0.717, 1.165) is 87.2 Å². The molecule has 2 N–H and O–H groups in total. The zero-order valence-electron chi connectivity index (χ0n) is 39.6. The number of methoxy groups -OCH3 is 2. The first-order valence-electron chi connectivity index (χ1n) is 23.9. The molecule has 4 aromatic rings. The number of nitrogens with zero attached hydrogens (tertiary/aromatic N) is 4. The molecule has 4 aliphatic heterocycles. The zero-order chi connectivity index (χ0) is 48.1. The summed E-state index contributed by atoms with van der Waals surface area (Å²) in [6.45, 7) is 9.23. The third-order valence-electron chi connectivity index (χ3n) is 13.0. The Balaban J connectivity index is 0.000000193. The quantitative estimate of drug-likeness (QED) is 0.117. The fourth-order valence-corrected chi connectivity index (χ4v) is 11.1. The van der Waals surface area contributed by atoms with E-state index in [0.29, 0.717) is 38.1 Å². The number of carboxylic acid groups (broad SMARTS) is 2. The molecular formula is C54H68N4O8S2. The van der Waals surface area contributed by atoms with Crippen LogP contribution in [0.2, 0.25) is 0 Å². The Labute approximate surface area is 411 Å². The van der Waals surface area contributed by atoms with E-state index in [2.05, 4.69) is 94.7 Å². The average molecular weight is 965 g/mol. The number of carbonyl (C=O) groups excluding carboxylic acids is 2. The second-order valence-corrected chi connectivity index (χ2v) is 20.0. The summed E-state index contributed by atoms with van der Waals surface area (Å²) < 4.78 is 10.7. The molecule has 2 saturated heterocycles. The SMILES string of the molecule is COc1ccc2c(c1)CN(C(=O)CCN1CCC(Cc3ccccc3)CC1)CCS2.COc1ccc2c(c1)CN(C(=O)CCN1CCC(Cc3ccccc3)CC1)CCS2.O=C(O)C=CC(=O)O. The van der Waals surface area contributed by atoms with Crippen molar-refractivity contribution in [2.45, 2.75) is 74.2 Å². The molecular weight excluding hydrogens is 897 g/mol. The smallest absolute Gasteiger partial charge is 0.328 e. The lowest BCUT2D eigenvalue weighted by molar-refractivity contribution is -0.134. The number of piperidine rings is 2. The van der Waals surface area contributed by atoms with Gasteiger partial charge in [-0.1, -0.05) is 60.7 Å². The van der Waals surface area contributed by atoms with E-state index in [1.54, 1.807) is 14.2 Å². The minimum absolute atomic E-state index is 0.276. The van der Waals surface area contributed by atoms with Gasteiger partial charge < -0.3 is 39.3 Å². The molecule has 0 radical (unpaired) electrons. The summed E-state index contributed by atoms with van der Waals surface area (Å²) in [7, 11) is 3.38. The van der Waals surface area contributed by atoms with Gasteiger partial charge in [0.1, 0.15) is 11.5 Å². The van der Waals surface area contributed by atoms with Crippen LogP contribution in [0.15, 0.2) is 119 Å². The third-order valence-corrected chi connectivity index (χ3v) is 15.2. The third kappa shape index (κ3) is 17.4. The lowest BCUT2D eigenvalue weighted by Gasteiger charge is -2.32. The number of fused-ring (bicyclic) bond motifs is 2. The number of ether oxygens (including phenoxy) is 2. The molecule has 0 aromatic heterocycles. The minimum atomic E-state index is -1.26. The lowest BCUT2D eigenvalue weighted by atomic mass is 9.90. The maximum Gasteiger partial charge on any atom is 0.328 e. The molecule has 0 bridgehead atoms. The Bertz CT molecular complexity index is 2090. The first-order valence-corrected chi connectivity index (χ1v) is 25.8.